The number of rotatable bonds is 3. The molecule has 0 radical (unpaired) electrons. The molecule has 2 amide bonds. The fourth-order valence-electron chi connectivity index (χ4n) is 2.43. The Morgan fingerprint density at radius 2 is 2.18 bits per heavy atom. The Balaban J connectivity index is 1.64. The molecule has 1 saturated heterocycles. The van der Waals surface area contributed by atoms with E-state index in [1.807, 2.05) is 24.3 Å². The van der Waals surface area contributed by atoms with Gasteiger partial charge in [-0.2, -0.15) is 10.1 Å². The first-order valence-electron chi connectivity index (χ1n) is 6.92. The van der Waals surface area contributed by atoms with Gasteiger partial charge in [0, 0.05) is 18.7 Å². The Kier molecular flexibility index (Phi) is 4.26. The minimum Gasteiger partial charge on any atom is -0.371 e. The molecule has 22 heavy (non-hydrogen) atoms. The summed E-state index contributed by atoms with van der Waals surface area (Å²) in [7, 11) is 1.71. The largest absolute Gasteiger partial charge is 0.371 e. The van der Waals surface area contributed by atoms with Gasteiger partial charge in [-0.05, 0) is 24.1 Å². The zero-order valence-electron chi connectivity index (χ0n) is 12.0. The maximum atomic E-state index is 12.1. The standard InChI is InChI=1S/C14H16ClN5O2/c1-20-13(16-8-17-20)19-14(21)18-11-6-7-22-12(11)9-2-4-10(15)5-3-9/h2-5,8,11-12H,6-7H2,1H3,(H2,16,17,18,19,21)/t11-,12+/m1/s1. The lowest BCUT2D eigenvalue weighted by Crippen LogP contribution is -2.40. The number of carbonyl (C=O) groups excluding carboxylic acids is 1. The molecule has 2 atom stereocenters. The van der Waals surface area contributed by atoms with Crippen molar-refractivity contribution in [1.82, 2.24) is 20.1 Å². The van der Waals surface area contributed by atoms with E-state index in [1.165, 1.54) is 11.0 Å². The van der Waals surface area contributed by atoms with E-state index < -0.39 is 0 Å². The summed E-state index contributed by atoms with van der Waals surface area (Å²) in [5.41, 5.74) is 0.992. The molecule has 0 saturated carbocycles. The van der Waals surface area contributed by atoms with E-state index in [0.29, 0.717) is 17.6 Å². The summed E-state index contributed by atoms with van der Waals surface area (Å²) in [6.45, 7) is 0.599. The van der Waals surface area contributed by atoms with E-state index in [2.05, 4.69) is 20.7 Å². The second-order valence-electron chi connectivity index (χ2n) is 5.04. The van der Waals surface area contributed by atoms with Crippen LogP contribution in [0.1, 0.15) is 18.1 Å². The van der Waals surface area contributed by atoms with Crippen LogP contribution >= 0.6 is 11.6 Å². The van der Waals surface area contributed by atoms with Crippen molar-refractivity contribution in [3.63, 3.8) is 0 Å². The molecular formula is C14H16ClN5O2. The van der Waals surface area contributed by atoms with Gasteiger partial charge < -0.3 is 10.1 Å². The second kappa shape index (κ2) is 6.33. The molecule has 3 rings (SSSR count). The smallest absolute Gasteiger partial charge is 0.321 e. The van der Waals surface area contributed by atoms with Crippen molar-refractivity contribution in [3.05, 3.63) is 41.2 Å². The third-order valence-electron chi connectivity index (χ3n) is 3.54. The normalized spacial score (nSPS) is 20.8. The van der Waals surface area contributed by atoms with E-state index in [4.69, 9.17) is 16.3 Å². The molecule has 0 spiro atoms. The fraction of sp³-hybridized carbons (Fsp3) is 0.357. The third kappa shape index (κ3) is 3.20. The number of ether oxygens (including phenoxy) is 1. The summed E-state index contributed by atoms with van der Waals surface area (Å²) in [4.78, 5) is 16.0. The SMILES string of the molecule is Cn1ncnc1NC(=O)N[C@@H]1CCO[C@H]1c1ccc(Cl)cc1. The molecule has 0 aliphatic carbocycles. The Morgan fingerprint density at radius 3 is 2.86 bits per heavy atom. The van der Waals surface area contributed by atoms with Gasteiger partial charge in [0.1, 0.15) is 12.4 Å². The number of aryl methyl sites for hydroxylation is 1. The minimum absolute atomic E-state index is 0.102. The van der Waals surface area contributed by atoms with E-state index >= 15 is 0 Å². The molecule has 2 aromatic rings. The van der Waals surface area contributed by atoms with Gasteiger partial charge in [0.05, 0.1) is 6.04 Å². The number of amides is 2. The molecule has 1 aliphatic rings. The van der Waals surface area contributed by atoms with Gasteiger partial charge in [-0.3, -0.25) is 5.32 Å². The van der Waals surface area contributed by atoms with Crippen LogP contribution in [0.3, 0.4) is 0 Å². The minimum atomic E-state index is -0.328. The molecule has 116 valence electrons. The van der Waals surface area contributed by atoms with Crippen LogP contribution in [-0.2, 0) is 11.8 Å². The fourth-order valence-corrected chi connectivity index (χ4v) is 2.56. The molecule has 8 heteroatoms. The number of carbonyl (C=O) groups is 1. The van der Waals surface area contributed by atoms with Crippen LogP contribution in [0.25, 0.3) is 0 Å². The number of nitrogens with one attached hydrogen (secondary N) is 2. The lowest BCUT2D eigenvalue weighted by atomic mass is 10.0. The Bertz CT molecular complexity index is 658. The predicted molar refractivity (Wildman–Crippen MR) is 81.7 cm³/mol. The molecule has 0 unspecified atom stereocenters. The van der Waals surface area contributed by atoms with Crippen molar-refractivity contribution in [1.29, 1.82) is 0 Å². The zero-order valence-corrected chi connectivity index (χ0v) is 12.7. The average molecular weight is 322 g/mol. The third-order valence-corrected chi connectivity index (χ3v) is 3.80. The zero-order chi connectivity index (χ0) is 15.5. The molecule has 1 aliphatic heterocycles. The van der Waals surface area contributed by atoms with Crippen LogP contribution in [-0.4, -0.2) is 33.4 Å². The number of halogens is 1. The Labute approximate surface area is 132 Å². The summed E-state index contributed by atoms with van der Waals surface area (Å²) in [6, 6.07) is 7.02. The van der Waals surface area contributed by atoms with Crippen molar-refractivity contribution < 1.29 is 9.53 Å². The summed E-state index contributed by atoms with van der Waals surface area (Å²) in [6.07, 6.45) is 1.95. The maximum absolute atomic E-state index is 12.1. The number of urea groups is 1. The number of benzene rings is 1. The van der Waals surface area contributed by atoms with Crippen molar-refractivity contribution in [2.75, 3.05) is 11.9 Å². The highest BCUT2D eigenvalue weighted by Crippen LogP contribution is 2.29. The maximum Gasteiger partial charge on any atom is 0.321 e. The first kappa shape index (κ1) is 14.8. The molecular weight excluding hydrogens is 306 g/mol. The van der Waals surface area contributed by atoms with Crippen molar-refractivity contribution >= 4 is 23.6 Å². The van der Waals surface area contributed by atoms with Crippen LogP contribution in [0.2, 0.25) is 5.02 Å². The summed E-state index contributed by atoms with van der Waals surface area (Å²) >= 11 is 5.90. The number of aromatic nitrogens is 3. The van der Waals surface area contributed by atoms with E-state index in [-0.39, 0.29) is 18.2 Å². The average Bonchev–Trinajstić information content (AvgIpc) is 3.10. The van der Waals surface area contributed by atoms with Gasteiger partial charge in [0.2, 0.25) is 5.95 Å². The topological polar surface area (TPSA) is 81.1 Å². The summed E-state index contributed by atoms with van der Waals surface area (Å²) in [5.74, 6) is 0.388. The molecule has 0 bridgehead atoms. The first-order chi connectivity index (χ1) is 10.6. The first-order valence-corrected chi connectivity index (χ1v) is 7.30. The highest BCUT2D eigenvalue weighted by atomic mass is 35.5. The van der Waals surface area contributed by atoms with E-state index in [9.17, 15) is 4.79 Å². The van der Waals surface area contributed by atoms with Gasteiger partial charge in [-0.25, -0.2) is 9.48 Å². The highest BCUT2D eigenvalue weighted by Gasteiger charge is 2.31. The number of anilines is 1. The van der Waals surface area contributed by atoms with Gasteiger partial charge >= 0.3 is 6.03 Å². The second-order valence-corrected chi connectivity index (χ2v) is 5.48. The molecule has 7 nitrogen and oxygen atoms in total. The van der Waals surface area contributed by atoms with E-state index in [0.717, 1.165) is 12.0 Å². The van der Waals surface area contributed by atoms with Crippen molar-refractivity contribution in [3.8, 4) is 0 Å². The number of hydrogen-bond acceptors (Lipinski definition) is 4. The Morgan fingerprint density at radius 1 is 1.41 bits per heavy atom. The summed E-state index contributed by atoms with van der Waals surface area (Å²) < 4.78 is 7.22. The quantitative estimate of drug-likeness (QED) is 0.907. The molecule has 2 N–H and O–H groups in total. The summed E-state index contributed by atoms with van der Waals surface area (Å²) in [5, 5.41) is 10.1. The molecule has 2 heterocycles. The van der Waals surface area contributed by atoms with Gasteiger partial charge in [-0.15, -0.1) is 0 Å². The lowest BCUT2D eigenvalue weighted by Gasteiger charge is -2.20. The van der Waals surface area contributed by atoms with Crippen molar-refractivity contribution in [2.24, 2.45) is 7.05 Å². The van der Waals surface area contributed by atoms with Gasteiger partial charge in [-0.1, -0.05) is 23.7 Å². The van der Waals surface area contributed by atoms with Crippen LogP contribution < -0.4 is 10.6 Å². The van der Waals surface area contributed by atoms with Crippen LogP contribution in [0.4, 0.5) is 10.7 Å². The van der Waals surface area contributed by atoms with Gasteiger partial charge in [0.25, 0.3) is 0 Å². The number of nitrogens with zero attached hydrogens (tertiary/aromatic N) is 3. The van der Waals surface area contributed by atoms with Gasteiger partial charge in [0.15, 0.2) is 0 Å². The highest BCUT2D eigenvalue weighted by molar-refractivity contribution is 6.30. The van der Waals surface area contributed by atoms with Crippen LogP contribution in [0.5, 0.6) is 0 Å². The lowest BCUT2D eigenvalue weighted by molar-refractivity contribution is 0.100. The van der Waals surface area contributed by atoms with E-state index in [1.54, 1.807) is 7.05 Å². The molecule has 1 aromatic heterocycles. The predicted octanol–water partition coefficient (Wildman–Crippen LogP) is 2.12. The van der Waals surface area contributed by atoms with Crippen molar-refractivity contribution in [2.45, 2.75) is 18.6 Å². The monoisotopic (exact) mass is 321 g/mol. The molecule has 1 fully saturated rings. The van der Waals surface area contributed by atoms with Crippen LogP contribution in [0.15, 0.2) is 30.6 Å². The Hall–Kier alpha value is -2.12. The number of hydrogen-bond donors (Lipinski definition) is 2. The molecule has 1 aromatic carbocycles. The van der Waals surface area contributed by atoms with Crippen LogP contribution in [0, 0.1) is 0 Å².